The van der Waals surface area contributed by atoms with Crippen molar-refractivity contribution < 1.29 is 9.21 Å². The number of carbonyl (C=O) groups is 1. The molecule has 0 unspecified atom stereocenters. The molecule has 5 nitrogen and oxygen atoms in total. The molecule has 0 fully saturated rings. The summed E-state index contributed by atoms with van der Waals surface area (Å²) in [6.45, 7) is 2.08. The molecular formula is C20H25N3O2. The van der Waals surface area contributed by atoms with Gasteiger partial charge in [0.1, 0.15) is 5.76 Å². The predicted molar refractivity (Wildman–Crippen MR) is 97.9 cm³/mol. The van der Waals surface area contributed by atoms with Gasteiger partial charge in [-0.3, -0.25) is 4.90 Å². The predicted octanol–water partition coefficient (Wildman–Crippen LogP) is 3.43. The number of carbonyl (C=O) groups excluding carboxylic acids is 1. The van der Waals surface area contributed by atoms with Gasteiger partial charge in [-0.1, -0.05) is 36.4 Å². The van der Waals surface area contributed by atoms with E-state index in [9.17, 15) is 4.79 Å². The van der Waals surface area contributed by atoms with E-state index in [0.717, 1.165) is 37.3 Å². The van der Waals surface area contributed by atoms with Gasteiger partial charge in [0.05, 0.1) is 12.8 Å². The minimum absolute atomic E-state index is 0.104. The zero-order chi connectivity index (χ0) is 17.5. The topological polar surface area (TPSA) is 57.5 Å². The van der Waals surface area contributed by atoms with Gasteiger partial charge in [0.15, 0.2) is 0 Å². The molecule has 5 heteroatoms. The number of nitrogens with zero attached hydrogens (tertiary/aromatic N) is 1. The lowest BCUT2D eigenvalue weighted by Gasteiger charge is -2.18. The van der Waals surface area contributed by atoms with Gasteiger partial charge in [0, 0.05) is 19.1 Å². The molecule has 2 amide bonds. The number of hydrogen-bond acceptors (Lipinski definition) is 3. The van der Waals surface area contributed by atoms with Gasteiger partial charge in [-0.05, 0) is 43.1 Å². The highest BCUT2D eigenvalue weighted by Crippen LogP contribution is 2.14. The Bertz CT molecular complexity index is 701. The van der Waals surface area contributed by atoms with Crippen LogP contribution in [0, 0.1) is 0 Å². The van der Waals surface area contributed by atoms with Gasteiger partial charge in [-0.25, -0.2) is 4.79 Å². The van der Waals surface area contributed by atoms with E-state index >= 15 is 0 Å². The molecular weight excluding hydrogens is 314 g/mol. The molecule has 0 spiro atoms. The minimum Gasteiger partial charge on any atom is -0.468 e. The molecule has 1 aromatic carbocycles. The SMILES string of the molecule is CN(Cc1ccco1)Cc1ccccc1CNC(=O)NC1CC=CC1. The molecule has 0 radical (unpaired) electrons. The Kier molecular flexibility index (Phi) is 5.90. The largest absolute Gasteiger partial charge is 0.468 e. The fraction of sp³-hybridized carbons (Fsp3) is 0.350. The molecule has 2 N–H and O–H groups in total. The molecule has 0 aliphatic heterocycles. The van der Waals surface area contributed by atoms with Crippen LogP contribution in [0.3, 0.4) is 0 Å². The van der Waals surface area contributed by atoms with Crippen LogP contribution in [0.25, 0.3) is 0 Å². The van der Waals surface area contributed by atoms with E-state index in [-0.39, 0.29) is 12.1 Å². The first-order chi connectivity index (χ1) is 12.2. The second kappa shape index (κ2) is 8.53. The first kappa shape index (κ1) is 17.3. The van der Waals surface area contributed by atoms with Crippen LogP contribution >= 0.6 is 0 Å². The zero-order valence-corrected chi connectivity index (χ0v) is 14.6. The van der Waals surface area contributed by atoms with Crippen LogP contribution < -0.4 is 10.6 Å². The first-order valence-corrected chi connectivity index (χ1v) is 8.68. The lowest BCUT2D eigenvalue weighted by molar-refractivity contribution is 0.237. The molecule has 3 rings (SSSR count). The van der Waals surface area contributed by atoms with Crippen molar-refractivity contribution in [2.24, 2.45) is 0 Å². The van der Waals surface area contributed by atoms with E-state index < -0.39 is 0 Å². The second-order valence-electron chi connectivity index (χ2n) is 6.49. The van der Waals surface area contributed by atoms with Crippen molar-refractivity contribution in [3.63, 3.8) is 0 Å². The molecule has 0 atom stereocenters. The van der Waals surface area contributed by atoms with Crippen molar-refractivity contribution in [3.8, 4) is 0 Å². The third-order valence-corrected chi connectivity index (χ3v) is 4.35. The smallest absolute Gasteiger partial charge is 0.315 e. The summed E-state index contributed by atoms with van der Waals surface area (Å²) in [6, 6.07) is 12.2. The van der Waals surface area contributed by atoms with Crippen molar-refractivity contribution in [2.45, 2.75) is 38.5 Å². The Morgan fingerprint density at radius 1 is 1.12 bits per heavy atom. The summed E-state index contributed by atoms with van der Waals surface area (Å²) in [7, 11) is 2.06. The summed E-state index contributed by atoms with van der Waals surface area (Å²) < 4.78 is 5.40. The van der Waals surface area contributed by atoms with E-state index in [1.165, 1.54) is 5.56 Å². The molecule has 2 aromatic rings. The highest BCUT2D eigenvalue weighted by molar-refractivity contribution is 5.74. The number of amides is 2. The molecule has 1 aliphatic rings. The van der Waals surface area contributed by atoms with Crippen molar-refractivity contribution >= 4 is 6.03 Å². The highest BCUT2D eigenvalue weighted by Gasteiger charge is 2.13. The summed E-state index contributed by atoms with van der Waals surface area (Å²) in [5, 5.41) is 5.97. The molecule has 1 heterocycles. The third-order valence-electron chi connectivity index (χ3n) is 4.35. The molecule has 1 aliphatic carbocycles. The van der Waals surface area contributed by atoms with Crippen molar-refractivity contribution in [3.05, 3.63) is 71.7 Å². The van der Waals surface area contributed by atoms with Gasteiger partial charge in [0.25, 0.3) is 0 Å². The standard InChI is InChI=1S/C20H25N3O2/c1-23(15-19-11-6-12-25-19)14-17-8-3-2-7-16(17)13-21-20(24)22-18-9-4-5-10-18/h2-8,11-12,18H,9-10,13-15H2,1H3,(H2,21,22,24). The van der Waals surface area contributed by atoms with Gasteiger partial charge >= 0.3 is 6.03 Å². The van der Waals surface area contributed by atoms with E-state index in [2.05, 4.69) is 46.9 Å². The number of benzene rings is 1. The van der Waals surface area contributed by atoms with Crippen LogP contribution in [-0.2, 0) is 19.6 Å². The van der Waals surface area contributed by atoms with Gasteiger partial charge in [-0.2, -0.15) is 0 Å². The van der Waals surface area contributed by atoms with E-state index in [1.807, 2.05) is 24.3 Å². The Balaban J connectivity index is 1.52. The fourth-order valence-electron chi connectivity index (χ4n) is 3.05. The van der Waals surface area contributed by atoms with E-state index in [4.69, 9.17) is 4.42 Å². The zero-order valence-electron chi connectivity index (χ0n) is 14.6. The average Bonchev–Trinajstić information content (AvgIpc) is 3.28. The maximum Gasteiger partial charge on any atom is 0.315 e. The minimum atomic E-state index is -0.104. The summed E-state index contributed by atoms with van der Waals surface area (Å²) in [4.78, 5) is 14.2. The Morgan fingerprint density at radius 2 is 1.88 bits per heavy atom. The second-order valence-corrected chi connectivity index (χ2v) is 6.49. The Hall–Kier alpha value is -2.53. The summed E-state index contributed by atoms with van der Waals surface area (Å²) >= 11 is 0. The molecule has 1 aromatic heterocycles. The number of urea groups is 1. The highest BCUT2D eigenvalue weighted by atomic mass is 16.3. The van der Waals surface area contributed by atoms with Crippen molar-refractivity contribution in [1.29, 1.82) is 0 Å². The molecule has 0 saturated carbocycles. The lowest BCUT2D eigenvalue weighted by Crippen LogP contribution is -2.40. The summed E-state index contributed by atoms with van der Waals surface area (Å²) in [5.74, 6) is 0.947. The van der Waals surface area contributed by atoms with E-state index in [1.54, 1.807) is 6.26 Å². The molecule has 0 saturated heterocycles. The third kappa shape index (κ3) is 5.22. The Morgan fingerprint density at radius 3 is 2.60 bits per heavy atom. The molecule has 132 valence electrons. The van der Waals surface area contributed by atoms with Crippen LogP contribution in [0.2, 0.25) is 0 Å². The summed E-state index contributed by atoms with van der Waals surface area (Å²) in [6.07, 6.45) is 7.74. The normalized spacial score (nSPS) is 14.2. The first-order valence-electron chi connectivity index (χ1n) is 8.68. The lowest BCUT2D eigenvalue weighted by atomic mass is 10.1. The number of furan rings is 1. The van der Waals surface area contributed by atoms with Crippen LogP contribution in [0.4, 0.5) is 4.79 Å². The van der Waals surface area contributed by atoms with Crippen LogP contribution in [-0.4, -0.2) is 24.0 Å². The van der Waals surface area contributed by atoms with Gasteiger partial charge < -0.3 is 15.1 Å². The quantitative estimate of drug-likeness (QED) is 0.760. The van der Waals surface area contributed by atoms with Crippen molar-refractivity contribution in [1.82, 2.24) is 15.5 Å². The number of hydrogen-bond donors (Lipinski definition) is 2. The maximum absolute atomic E-state index is 12.0. The van der Waals surface area contributed by atoms with Crippen LogP contribution in [0.1, 0.15) is 29.7 Å². The fourth-order valence-corrected chi connectivity index (χ4v) is 3.05. The van der Waals surface area contributed by atoms with E-state index in [0.29, 0.717) is 6.54 Å². The number of rotatable bonds is 7. The number of nitrogens with one attached hydrogen (secondary N) is 2. The molecule has 0 bridgehead atoms. The van der Waals surface area contributed by atoms with Gasteiger partial charge in [0.2, 0.25) is 0 Å². The van der Waals surface area contributed by atoms with Crippen LogP contribution in [0.15, 0.2) is 59.2 Å². The monoisotopic (exact) mass is 339 g/mol. The molecule has 25 heavy (non-hydrogen) atoms. The average molecular weight is 339 g/mol. The summed E-state index contributed by atoms with van der Waals surface area (Å²) in [5.41, 5.74) is 2.34. The van der Waals surface area contributed by atoms with Crippen molar-refractivity contribution in [2.75, 3.05) is 7.05 Å². The van der Waals surface area contributed by atoms with Gasteiger partial charge in [-0.15, -0.1) is 0 Å². The Labute approximate surface area is 148 Å². The van der Waals surface area contributed by atoms with Crippen LogP contribution in [0.5, 0.6) is 0 Å². The maximum atomic E-state index is 12.0.